The number of hydrogen-bond donors (Lipinski definition) is 0. The van der Waals surface area contributed by atoms with Crippen LogP contribution in [-0.2, 0) is 19.5 Å². The Morgan fingerprint density at radius 3 is 2.87 bits per heavy atom. The van der Waals surface area contributed by atoms with Crippen molar-refractivity contribution in [2.75, 3.05) is 13.6 Å². The summed E-state index contributed by atoms with van der Waals surface area (Å²) in [5, 5.41) is 3.79. The van der Waals surface area contributed by atoms with Crippen molar-refractivity contribution in [2.45, 2.75) is 25.7 Å². The van der Waals surface area contributed by atoms with Gasteiger partial charge in [-0.05, 0) is 7.05 Å². The van der Waals surface area contributed by atoms with E-state index in [0.717, 1.165) is 22.5 Å². The van der Waals surface area contributed by atoms with Crippen LogP contribution in [0.2, 0.25) is 0 Å². The molecule has 0 saturated carbocycles. The predicted octanol–water partition coefficient (Wildman–Crippen LogP) is 1.43. The summed E-state index contributed by atoms with van der Waals surface area (Å²) in [5.74, 6) is 0. The molecule has 84 valence electrons. The minimum absolute atomic E-state index is 0.641. The number of aromatic nitrogens is 2. The molecule has 2 rings (SSSR count). The highest BCUT2D eigenvalue weighted by molar-refractivity contribution is 5.20. The van der Waals surface area contributed by atoms with E-state index in [1.807, 2.05) is 7.05 Å². The lowest BCUT2D eigenvalue weighted by Gasteiger charge is -2.23. The van der Waals surface area contributed by atoms with E-state index < -0.39 is 12.7 Å². The molecule has 0 atom stereocenters. The van der Waals surface area contributed by atoms with E-state index in [4.69, 9.17) is 0 Å². The first-order chi connectivity index (χ1) is 6.96. The van der Waals surface area contributed by atoms with Gasteiger partial charge < -0.3 is 4.90 Å². The molecule has 0 bridgehead atoms. The number of fused-ring (bicyclic) bond motifs is 1. The third kappa shape index (κ3) is 2.31. The van der Waals surface area contributed by atoms with E-state index in [0.29, 0.717) is 13.0 Å². The van der Waals surface area contributed by atoms with Gasteiger partial charge in [-0.25, -0.2) is 0 Å². The van der Waals surface area contributed by atoms with E-state index in [-0.39, 0.29) is 0 Å². The molecule has 2 heterocycles. The summed E-state index contributed by atoms with van der Waals surface area (Å²) < 4.78 is 37.7. The van der Waals surface area contributed by atoms with Crippen molar-refractivity contribution in [2.24, 2.45) is 0 Å². The molecule has 1 aliphatic rings. The van der Waals surface area contributed by atoms with Gasteiger partial charge in [0.05, 0.1) is 6.20 Å². The van der Waals surface area contributed by atoms with Crippen LogP contribution in [0.25, 0.3) is 0 Å². The van der Waals surface area contributed by atoms with Gasteiger partial charge in [-0.3, -0.25) is 4.68 Å². The lowest BCUT2D eigenvalue weighted by molar-refractivity contribution is -0.143. The zero-order valence-electron chi connectivity index (χ0n) is 8.38. The molecule has 0 radical (unpaired) electrons. The van der Waals surface area contributed by atoms with Crippen molar-refractivity contribution in [3.05, 3.63) is 17.5 Å². The van der Waals surface area contributed by atoms with Gasteiger partial charge in [-0.1, -0.05) is 0 Å². The fourth-order valence-corrected chi connectivity index (χ4v) is 1.84. The standard InChI is InChI=1S/C9H12F3N3/c1-14-3-2-8-7(5-14)4-13-15(8)6-9(10,11)12/h4H,2-3,5-6H2,1H3. The first-order valence-corrected chi connectivity index (χ1v) is 4.74. The van der Waals surface area contributed by atoms with Crippen molar-refractivity contribution in [3.8, 4) is 0 Å². The molecule has 0 aliphatic carbocycles. The Balaban J connectivity index is 2.21. The quantitative estimate of drug-likeness (QED) is 0.712. The molecule has 1 aliphatic heterocycles. The average Bonchev–Trinajstić information content (AvgIpc) is 2.45. The van der Waals surface area contributed by atoms with E-state index in [1.54, 1.807) is 0 Å². The lowest BCUT2D eigenvalue weighted by atomic mass is 10.1. The van der Waals surface area contributed by atoms with Gasteiger partial charge in [0.1, 0.15) is 6.54 Å². The average molecular weight is 219 g/mol. The number of alkyl halides is 3. The molecule has 0 fully saturated rings. The van der Waals surface area contributed by atoms with Crippen molar-refractivity contribution < 1.29 is 13.2 Å². The van der Waals surface area contributed by atoms with Crippen molar-refractivity contribution >= 4 is 0 Å². The summed E-state index contributed by atoms with van der Waals surface area (Å²) in [5.41, 5.74) is 1.64. The summed E-state index contributed by atoms with van der Waals surface area (Å²) >= 11 is 0. The Labute approximate surface area is 85.5 Å². The van der Waals surface area contributed by atoms with Crippen LogP contribution in [0, 0.1) is 0 Å². The maximum absolute atomic E-state index is 12.2. The molecule has 0 spiro atoms. The normalized spacial score (nSPS) is 17.9. The molecule has 3 nitrogen and oxygen atoms in total. The molecule has 0 unspecified atom stereocenters. The van der Waals surface area contributed by atoms with Crippen LogP contribution in [0.3, 0.4) is 0 Å². The van der Waals surface area contributed by atoms with Gasteiger partial charge in [-0.2, -0.15) is 18.3 Å². The fourth-order valence-electron chi connectivity index (χ4n) is 1.84. The van der Waals surface area contributed by atoms with Crippen LogP contribution in [0.15, 0.2) is 6.20 Å². The maximum Gasteiger partial charge on any atom is 0.408 e. The van der Waals surface area contributed by atoms with Gasteiger partial charge >= 0.3 is 6.18 Å². The van der Waals surface area contributed by atoms with Gasteiger partial charge in [-0.15, -0.1) is 0 Å². The number of nitrogens with zero attached hydrogens (tertiary/aromatic N) is 3. The topological polar surface area (TPSA) is 21.1 Å². The zero-order chi connectivity index (χ0) is 11.1. The first kappa shape index (κ1) is 10.5. The summed E-state index contributed by atoms with van der Waals surface area (Å²) in [6, 6.07) is 0. The van der Waals surface area contributed by atoms with Crippen LogP contribution in [0.4, 0.5) is 13.2 Å². The SMILES string of the molecule is CN1CCc2c(cnn2CC(F)(F)F)C1. The molecule has 6 heteroatoms. The van der Waals surface area contributed by atoms with Crippen molar-refractivity contribution in [3.63, 3.8) is 0 Å². The van der Waals surface area contributed by atoms with Gasteiger partial charge in [0.2, 0.25) is 0 Å². The molecule has 0 N–H and O–H groups in total. The minimum atomic E-state index is -4.19. The predicted molar refractivity (Wildman–Crippen MR) is 48.3 cm³/mol. The Bertz CT molecular complexity index is 356. The number of hydrogen-bond acceptors (Lipinski definition) is 2. The number of halogens is 3. The third-order valence-electron chi connectivity index (χ3n) is 2.53. The fraction of sp³-hybridized carbons (Fsp3) is 0.667. The monoisotopic (exact) mass is 219 g/mol. The molecule has 0 aromatic carbocycles. The molecule has 15 heavy (non-hydrogen) atoms. The van der Waals surface area contributed by atoms with Crippen LogP contribution in [-0.4, -0.2) is 34.4 Å². The zero-order valence-corrected chi connectivity index (χ0v) is 8.38. The van der Waals surface area contributed by atoms with Gasteiger partial charge in [0, 0.05) is 30.8 Å². The van der Waals surface area contributed by atoms with Gasteiger partial charge in [0.15, 0.2) is 0 Å². The Morgan fingerprint density at radius 1 is 1.47 bits per heavy atom. The maximum atomic E-state index is 12.2. The van der Waals surface area contributed by atoms with Crippen LogP contribution >= 0.6 is 0 Å². The summed E-state index contributed by atoms with van der Waals surface area (Å²) in [6.45, 7) is 0.496. The molecule has 0 saturated heterocycles. The van der Waals surface area contributed by atoms with Gasteiger partial charge in [0.25, 0.3) is 0 Å². The lowest BCUT2D eigenvalue weighted by Crippen LogP contribution is -2.29. The second-order valence-electron chi connectivity index (χ2n) is 3.88. The minimum Gasteiger partial charge on any atom is -0.302 e. The second-order valence-corrected chi connectivity index (χ2v) is 3.88. The second kappa shape index (κ2) is 3.52. The third-order valence-corrected chi connectivity index (χ3v) is 2.53. The summed E-state index contributed by atoms with van der Waals surface area (Å²) in [6.07, 6.45) is -2.01. The number of rotatable bonds is 1. The molecule has 1 aromatic rings. The van der Waals surface area contributed by atoms with Crippen LogP contribution in [0.5, 0.6) is 0 Å². The Kier molecular flexibility index (Phi) is 2.46. The first-order valence-electron chi connectivity index (χ1n) is 4.74. The smallest absolute Gasteiger partial charge is 0.302 e. The summed E-state index contributed by atoms with van der Waals surface area (Å²) in [4.78, 5) is 2.07. The van der Waals surface area contributed by atoms with E-state index >= 15 is 0 Å². The highest BCUT2D eigenvalue weighted by Gasteiger charge is 2.30. The van der Waals surface area contributed by atoms with Crippen LogP contribution < -0.4 is 0 Å². The number of likely N-dealkylation sites (N-methyl/N-ethyl adjacent to an activating group) is 1. The summed E-state index contributed by atoms with van der Waals surface area (Å²) in [7, 11) is 1.95. The largest absolute Gasteiger partial charge is 0.408 e. The molecule has 1 aromatic heterocycles. The highest BCUT2D eigenvalue weighted by atomic mass is 19.4. The molecular weight excluding hydrogens is 207 g/mol. The Morgan fingerprint density at radius 2 is 2.20 bits per heavy atom. The van der Waals surface area contributed by atoms with E-state index in [1.165, 1.54) is 6.20 Å². The van der Waals surface area contributed by atoms with E-state index in [2.05, 4.69) is 10.00 Å². The molecular formula is C9H12F3N3. The molecule has 0 amide bonds. The Hall–Kier alpha value is -1.04. The van der Waals surface area contributed by atoms with Crippen molar-refractivity contribution in [1.82, 2.24) is 14.7 Å². The highest BCUT2D eigenvalue weighted by Crippen LogP contribution is 2.22. The van der Waals surface area contributed by atoms with E-state index in [9.17, 15) is 13.2 Å². The van der Waals surface area contributed by atoms with Crippen molar-refractivity contribution in [1.29, 1.82) is 0 Å². The van der Waals surface area contributed by atoms with Crippen LogP contribution in [0.1, 0.15) is 11.3 Å².